The molecule has 1 atom stereocenters. The summed E-state index contributed by atoms with van der Waals surface area (Å²) in [7, 11) is 3.05. The average molecular weight is 507 g/mol. The van der Waals surface area contributed by atoms with Crippen molar-refractivity contribution in [2.24, 2.45) is 0 Å². The molecule has 4 rings (SSSR count). The van der Waals surface area contributed by atoms with E-state index in [1.807, 2.05) is 36.4 Å². The number of nitrogens with one attached hydrogen (secondary N) is 1. The quantitative estimate of drug-likeness (QED) is 0.444. The zero-order valence-electron chi connectivity index (χ0n) is 21.3. The Labute approximate surface area is 215 Å². The molecule has 0 spiro atoms. The molecular weight excluding hydrogens is 476 g/mol. The number of carbonyl (C=O) groups excluding carboxylic acids is 3. The number of fused-ring (bicyclic) bond motifs is 1. The van der Waals surface area contributed by atoms with E-state index in [4.69, 9.17) is 14.2 Å². The number of benzene rings is 2. The molecule has 10 heteroatoms. The van der Waals surface area contributed by atoms with Gasteiger partial charge in [0, 0.05) is 18.2 Å². The zero-order valence-corrected chi connectivity index (χ0v) is 21.3. The lowest BCUT2D eigenvalue weighted by atomic mass is 9.93. The molecule has 0 bridgehead atoms. The Morgan fingerprint density at radius 1 is 1.08 bits per heavy atom. The van der Waals surface area contributed by atoms with Gasteiger partial charge < -0.3 is 24.4 Å². The van der Waals surface area contributed by atoms with Gasteiger partial charge in [0.05, 0.1) is 33.9 Å². The molecule has 0 saturated heterocycles. The van der Waals surface area contributed by atoms with Crippen molar-refractivity contribution in [3.8, 4) is 11.5 Å². The van der Waals surface area contributed by atoms with Crippen LogP contribution in [0.2, 0.25) is 0 Å². The Morgan fingerprint density at radius 3 is 2.51 bits per heavy atom. The van der Waals surface area contributed by atoms with Gasteiger partial charge >= 0.3 is 5.97 Å². The molecule has 194 valence electrons. The first-order valence-corrected chi connectivity index (χ1v) is 11.9. The number of nitrogens with zero attached hydrogens (tertiary/aromatic N) is 3. The summed E-state index contributed by atoms with van der Waals surface area (Å²) in [4.78, 5) is 41.3. The highest BCUT2D eigenvalue weighted by molar-refractivity contribution is 6.01. The highest BCUT2D eigenvalue weighted by Gasteiger charge is 2.48. The summed E-state index contributed by atoms with van der Waals surface area (Å²) >= 11 is 0. The Hall–Kier alpha value is -4.34. The van der Waals surface area contributed by atoms with Crippen molar-refractivity contribution >= 4 is 17.8 Å². The summed E-state index contributed by atoms with van der Waals surface area (Å²) in [6, 6.07) is 16.3. The first kappa shape index (κ1) is 25.7. The number of para-hydroxylation sites is 1. The van der Waals surface area contributed by atoms with Crippen LogP contribution in [0.25, 0.3) is 0 Å². The van der Waals surface area contributed by atoms with Gasteiger partial charge in [-0.25, -0.2) is 4.79 Å². The van der Waals surface area contributed by atoms with Gasteiger partial charge in [-0.2, -0.15) is 5.10 Å². The van der Waals surface area contributed by atoms with E-state index in [9.17, 15) is 14.4 Å². The van der Waals surface area contributed by atoms with Crippen LogP contribution in [0.15, 0.2) is 54.6 Å². The monoisotopic (exact) mass is 506 g/mol. The number of carbonyl (C=O) groups is 3. The topological polar surface area (TPSA) is 112 Å². The third kappa shape index (κ3) is 5.00. The van der Waals surface area contributed by atoms with Crippen LogP contribution in [0.4, 0.5) is 0 Å². The van der Waals surface area contributed by atoms with Crippen LogP contribution in [-0.2, 0) is 29.2 Å². The summed E-state index contributed by atoms with van der Waals surface area (Å²) in [5, 5.41) is 7.24. The van der Waals surface area contributed by atoms with Crippen LogP contribution in [0, 0.1) is 0 Å². The van der Waals surface area contributed by atoms with Gasteiger partial charge in [0.2, 0.25) is 5.91 Å². The third-order valence-electron chi connectivity index (χ3n) is 6.38. The van der Waals surface area contributed by atoms with Crippen LogP contribution in [0.5, 0.6) is 11.5 Å². The van der Waals surface area contributed by atoms with Gasteiger partial charge in [-0.1, -0.05) is 42.5 Å². The molecule has 0 radical (unpaired) electrons. The lowest BCUT2D eigenvalue weighted by molar-refractivity contribution is -0.133. The Bertz CT molecular complexity index is 1310. The molecule has 2 aromatic carbocycles. The van der Waals surface area contributed by atoms with Gasteiger partial charge in [0.15, 0.2) is 17.2 Å². The minimum absolute atomic E-state index is 0.0121. The van der Waals surface area contributed by atoms with Crippen molar-refractivity contribution in [3.05, 3.63) is 77.1 Å². The number of hydrogen-bond acceptors (Lipinski definition) is 7. The number of esters is 1. The highest BCUT2D eigenvalue weighted by Crippen LogP contribution is 2.35. The lowest BCUT2D eigenvalue weighted by Gasteiger charge is -2.43. The number of hydrogen-bond donors (Lipinski definition) is 1. The van der Waals surface area contributed by atoms with E-state index in [0.29, 0.717) is 23.6 Å². The predicted molar refractivity (Wildman–Crippen MR) is 134 cm³/mol. The minimum Gasteiger partial charge on any atom is -0.493 e. The standard InChI is InChI=1S/C27H30N4O6/c1-5-37-25(33)20-14-21-24(32)30(16-19-12-9-13-22(35-3)23(19)36-4)27(2,17-31(21)29-20)26(34)28-15-18-10-7-6-8-11-18/h6-14H,5,15-17H2,1-4H3,(H,28,34)/t27-/m0/s1. The van der Waals surface area contributed by atoms with Crippen molar-refractivity contribution in [3.63, 3.8) is 0 Å². The number of ether oxygens (including phenoxy) is 3. The Morgan fingerprint density at radius 2 is 1.84 bits per heavy atom. The normalized spacial score (nSPS) is 16.6. The van der Waals surface area contributed by atoms with Gasteiger partial charge in [0.25, 0.3) is 5.91 Å². The lowest BCUT2D eigenvalue weighted by Crippen LogP contribution is -2.63. The first-order chi connectivity index (χ1) is 17.8. The average Bonchev–Trinajstić information content (AvgIpc) is 3.34. The zero-order chi connectivity index (χ0) is 26.6. The molecule has 2 heterocycles. The van der Waals surface area contributed by atoms with Crippen LogP contribution >= 0.6 is 0 Å². The molecular formula is C27H30N4O6. The molecule has 1 aliphatic rings. The molecule has 1 aromatic heterocycles. The molecule has 0 saturated carbocycles. The second-order valence-electron chi connectivity index (χ2n) is 8.78. The number of methoxy groups -OCH3 is 2. The molecule has 2 amide bonds. The van der Waals surface area contributed by atoms with E-state index in [1.54, 1.807) is 26.0 Å². The van der Waals surface area contributed by atoms with Crippen LogP contribution in [-0.4, -0.2) is 58.8 Å². The van der Waals surface area contributed by atoms with E-state index in [2.05, 4.69) is 10.4 Å². The first-order valence-electron chi connectivity index (χ1n) is 11.9. The third-order valence-corrected chi connectivity index (χ3v) is 6.38. The second kappa shape index (κ2) is 10.7. The van der Waals surface area contributed by atoms with Gasteiger partial charge in [-0.3, -0.25) is 14.3 Å². The summed E-state index contributed by atoms with van der Waals surface area (Å²) in [5.41, 5.74) is 0.462. The van der Waals surface area contributed by atoms with Crippen molar-refractivity contribution in [1.29, 1.82) is 0 Å². The summed E-state index contributed by atoms with van der Waals surface area (Å²) in [6.45, 7) is 3.95. The molecule has 1 aliphatic heterocycles. The predicted octanol–water partition coefficient (Wildman–Crippen LogP) is 2.81. The molecule has 3 aromatic rings. The van der Waals surface area contributed by atoms with Gasteiger partial charge in [-0.05, 0) is 25.5 Å². The number of rotatable bonds is 9. The van der Waals surface area contributed by atoms with E-state index in [1.165, 1.54) is 29.9 Å². The molecule has 0 unspecified atom stereocenters. The summed E-state index contributed by atoms with van der Waals surface area (Å²) < 4.78 is 17.4. The fourth-order valence-corrected chi connectivity index (χ4v) is 4.41. The van der Waals surface area contributed by atoms with E-state index < -0.39 is 17.4 Å². The molecule has 37 heavy (non-hydrogen) atoms. The largest absolute Gasteiger partial charge is 0.493 e. The summed E-state index contributed by atoms with van der Waals surface area (Å²) in [5.74, 6) is -0.458. The number of amides is 2. The SMILES string of the molecule is CCOC(=O)c1cc2n(n1)C[C@@](C)(C(=O)NCc1ccccc1)N(Cc1cccc(OC)c1OC)C2=O. The van der Waals surface area contributed by atoms with E-state index >= 15 is 0 Å². The maximum atomic E-state index is 13.8. The minimum atomic E-state index is -1.33. The second-order valence-corrected chi connectivity index (χ2v) is 8.78. The smallest absolute Gasteiger partial charge is 0.358 e. The maximum Gasteiger partial charge on any atom is 0.358 e. The number of aromatic nitrogens is 2. The van der Waals surface area contributed by atoms with Crippen molar-refractivity contribution in [2.75, 3.05) is 20.8 Å². The van der Waals surface area contributed by atoms with Crippen molar-refractivity contribution in [1.82, 2.24) is 20.0 Å². The van der Waals surface area contributed by atoms with Crippen LogP contribution in [0.1, 0.15) is 46.0 Å². The Kier molecular flexibility index (Phi) is 7.47. The van der Waals surface area contributed by atoms with Gasteiger partial charge in [0.1, 0.15) is 11.2 Å². The van der Waals surface area contributed by atoms with Crippen molar-refractivity contribution < 1.29 is 28.6 Å². The van der Waals surface area contributed by atoms with Gasteiger partial charge in [-0.15, -0.1) is 0 Å². The summed E-state index contributed by atoms with van der Waals surface area (Å²) in [6.07, 6.45) is 0. The molecule has 1 N–H and O–H groups in total. The highest BCUT2D eigenvalue weighted by atomic mass is 16.5. The fraction of sp³-hybridized carbons (Fsp3) is 0.333. The van der Waals surface area contributed by atoms with Crippen LogP contribution in [0.3, 0.4) is 0 Å². The molecule has 0 fully saturated rings. The van der Waals surface area contributed by atoms with Crippen LogP contribution < -0.4 is 14.8 Å². The van der Waals surface area contributed by atoms with E-state index in [0.717, 1.165) is 5.56 Å². The Balaban J connectivity index is 1.72. The molecule has 10 nitrogen and oxygen atoms in total. The van der Waals surface area contributed by atoms with Crippen molar-refractivity contribution in [2.45, 2.75) is 39.0 Å². The molecule has 0 aliphatic carbocycles. The fourth-order valence-electron chi connectivity index (χ4n) is 4.41. The maximum absolute atomic E-state index is 13.8. The van der Waals surface area contributed by atoms with E-state index in [-0.39, 0.29) is 37.0 Å².